The Kier molecular flexibility index (Phi) is 4.95. The summed E-state index contributed by atoms with van der Waals surface area (Å²) in [5.74, 6) is 0.584. The first-order valence-electron chi connectivity index (χ1n) is 6.16. The molecular formula is C14H16INO3. The summed E-state index contributed by atoms with van der Waals surface area (Å²) < 4.78 is 5.50. The van der Waals surface area contributed by atoms with Gasteiger partial charge in [-0.25, -0.2) is 4.79 Å². The van der Waals surface area contributed by atoms with Crippen LogP contribution in [0.15, 0.2) is 34.4 Å². The van der Waals surface area contributed by atoms with E-state index in [2.05, 4.69) is 6.58 Å². The van der Waals surface area contributed by atoms with Crippen molar-refractivity contribution in [1.29, 1.82) is 0 Å². The van der Waals surface area contributed by atoms with Gasteiger partial charge in [-0.05, 0) is 59.0 Å². The number of hydrogen-bond donors (Lipinski definition) is 1. The average molecular weight is 373 g/mol. The Labute approximate surface area is 126 Å². The highest BCUT2D eigenvalue weighted by molar-refractivity contribution is 14.1. The van der Waals surface area contributed by atoms with Gasteiger partial charge in [0.2, 0.25) is 0 Å². The van der Waals surface area contributed by atoms with E-state index in [4.69, 9.17) is 4.74 Å². The summed E-state index contributed by atoms with van der Waals surface area (Å²) >= 11 is 1.84. The minimum atomic E-state index is -0.415. The molecule has 0 bridgehead atoms. The van der Waals surface area contributed by atoms with E-state index in [1.54, 1.807) is 12.1 Å². The molecule has 2 rings (SSSR count). The summed E-state index contributed by atoms with van der Waals surface area (Å²) in [5.41, 5.74) is 1.22. The Hall–Kier alpha value is -0.920. The highest BCUT2D eigenvalue weighted by Gasteiger charge is 2.19. The van der Waals surface area contributed by atoms with E-state index in [9.17, 15) is 10.0 Å². The molecule has 1 aromatic rings. The van der Waals surface area contributed by atoms with E-state index < -0.39 is 5.97 Å². The monoisotopic (exact) mass is 373 g/mol. The molecule has 1 aliphatic heterocycles. The van der Waals surface area contributed by atoms with Crippen molar-refractivity contribution in [3.05, 3.63) is 40.0 Å². The van der Waals surface area contributed by atoms with Crippen LogP contribution in [-0.4, -0.2) is 29.3 Å². The van der Waals surface area contributed by atoms with Crippen LogP contribution in [0.2, 0.25) is 0 Å². The topological polar surface area (TPSA) is 49.8 Å². The Morgan fingerprint density at radius 1 is 1.32 bits per heavy atom. The van der Waals surface area contributed by atoms with Crippen molar-refractivity contribution in [2.75, 3.05) is 13.1 Å². The van der Waals surface area contributed by atoms with Gasteiger partial charge in [-0.3, -0.25) is 0 Å². The minimum Gasteiger partial charge on any atom is -0.423 e. The molecule has 0 atom stereocenters. The highest BCUT2D eigenvalue weighted by Crippen LogP contribution is 2.28. The predicted molar refractivity (Wildman–Crippen MR) is 80.6 cm³/mol. The van der Waals surface area contributed by atoms with Gasteiger partial charge in [0.15, 0.2) is 0 Å². The molecule has 0 radical (unpaired) electrons. The zero-order valence-corrected chi connectivity index (χ0v) is 12.7. The molecule has 1 fully saturated rings. The molecule has 1 aliphatic rings. The molecule has 1 heterocycles. The van der Waals surface area contributed by atoms with Gasteiger partial charge in [0.05, 0.1) is 3.58 Å². The van der Waals surface area contributed by atoms with Crippen LogP contribution in [0.3, 0.4) is 0 Å². The smallest absolute Gasteiger partial charge is 0.349 e. The third kappa shape index (κ3) is 4.02. The number of carbonyl (C=O) groups excluding carboxylic acids is 1. The number of nitrogens with zero attached hydrogens (tertiary/aromatic N) is 1. The van der Waals surface area contributed by atoms with Crippen molar-refractivity contribution in [3.63, 3.8) is 0 Å². The lowest BCUT2D eigenvalue weighted by Crippen LogP contribution is -2.29. The van der Waals surface area contributed by atoms with Gasteiger partial charge in [0, 0.05) is 13.1 Å². The molecular weight excluding hydrogens is 357 g/mol. The fraction of sp³-hybridized carbons (Fsp3) is 0.357. The number of esters is 1. The fourth-order valence-corrected chi connectivity index (χ4v) is 2.28. The van der Waals surface area contributed by atoms with E-state index in [-0.39, 0.29) is 0 Å². The predicted octanol–water partition coefficient (Wildman–Crippen LogP) is 3.11. The van der Waals surface area contributed by atoms with Gasteiger partial charge < -0.3 is 9.94 Å². The third-order valence-electron chi connectivity index (χ3n) is 3.25. The number of piperidine rings is 1. The molecule has 0 aromatic heterocycles. The maximum atomic E-state index is 11.4. The van der Waals surface area contributed by atoms with Crippen LogP contribution in [0, 0.1) is 0 Å². The molecule has 1 aromatic carbocycles. The summed E-state index contributed by atoms with van der Waals surface area (Å²) in [6.45, 7) is 4.94. The number of hydrogen-bond acceptors (Lipinski definition) is 4. The normalized spacial score (nSPS) is 17.2. The molecule has 1 N–H and O–H groups in total. The molecule has 0 spiro atoms. The summed E-state index contributed by atoms with van der Waals surface area (Å²) in [6.07, 6.45) is 1.89. The zero-order valence-electron chi connectivity index (χ0n) is 10.5. The van der Waals surface area contributed by atoms with Crippen LogP contribution in [0.4, 0.5) is 0 Å². The summed E-state index contributed by atoms with van der Waals surface area (Å²) in [5, 5.41) is 10.7. The van der Waals surface area contributed by atoms with E-state index in [0.29, 0.717) is 28.3 Å². The van der Waals surface area contributed by atoms with E-state index in [1.807, 2.05) is 34.7 Å². The fourth-order valence-electron chi connectivity index (χ4n) is 2.17. The van der Waals surface area contributed by atoms with Gasteiger partial charge in [-0.1, -0.05) is 18.7 Å². The number of hydroxylamine groups is 2. The molecule has 0 saturated carbocycles. The molecule has 0 amide bonds. The number of carbonyl (C=O) groups is 1. The van der Waals surface area contributed by atoms with Crippen molar-refractivity contribution in [3.8, 4) is 5.75 Å². The first kappa shape index (κ1) is 14.5. The third-order valence-corrected chi connectivity index (χ3v) is 3.70. The molecule has 5 heteroatoms. The Morgan fingerprint density at radius 3 is 2.42 bits per heavy atom. The van der Waals surface area contributed by atoms with Crippen LogP contribution in [0.5, 0.6) is 5.75 Å². The maximum Gasteiger partial charge on any atom is 0.349 e. The quantitative estimate of drug-likeness (QED) is 0.383. The largest absolute Gasteiger partial charge is 0.423 e. The van der Waals surface area contributed by atoms with Crippen molar-refractivity contribution >= 4 is 28.6 Å². The molecule has 0 aliphatic carbocycles. The van der Waals surface area contributed by atoms with Gasteiger partial charge >= 0.3 is 5.97 Å². The first-order valence-corrected chi connectivity index (χ1v) is 7.24. The second-order valence-electron chi connectivity index (χ2n) is 4.59. The van der Waals surface area contributed by atoms with E-state index >= 15 is 0 Å². The summed E-state index contributed by atoms with van der Waals surface area (Å²) in [7, 11) is 0. The lowest BCUT2D eigenvalue weighted by molar-refractivity contribution is -0.129. The van der Waals surface area contributed by atoms with Crippen LogP contribution in [-0.2, 0) is 4.79 Å². The van der Waals surface area contributed by atoms with Crippen molar-refractivity contribution in [2.24, 2.45) is 0 Å². The zero-order chi connectivity index (χ0) is 13.8. The van der Waals surface area contributed by atoms with Crippen molar-refractivity contribution < 1.29 is 14.7 Å². The van der Waals surface area contributed by atoms with Crippen LogP contribution in [0.1, 0.15) is 24.3 Å². The lowest BCUT2D eigenvalue weighted by atomic mass is 9.90. The minimum absolute atomic E-state index is 0.358. The van der Waals surface area contributed by atoms with Gasteiger partial charge in [-0.15, -0.1) is 0 Å². The molecule has 1 saturated heterocycles. The summed E-state index contributed by atoms with van der Waals surface area (Å²) in [6, 6.07) is 7.57. The van der Waals surface area contributed by atoms with Gasteiger partial charge in [0.1, 0.15) is 5.75 Å². The highest BCUT2D eigenvalue weighted by atomic mass is 127. The lowest BCUT2D eigenvalue weighted by Gasteiger charge is -2.27. The second kappa shape index (κ2) is 6.49. The number of ether oxygens (including phenoxy) is 1. The van der Waals surface area contributed by atoms with E-state index in [1.165, 1.54) is 10.6 Å². The molecule has 4 nitrogen and oxygen atoms in total. The van der Waals surface area contributed by atoms with E-state index in [0.717, 1.165) is 12.8 Å². The Morgan fingerprint density at radius 2 is 1.89 bits per heavy atom. The Balaban J connectivity index is 1.98. The SMILES string of the molecule is C=C(I)C(=O)Oc1ccc(C2CCN(O)CC2)cc1. The summed E-state index contributed by atoms with van der Waals surface area (Å²) in [4.78, 5) is 11.4. The standard InChI is InChI=1S/C14H16INO3/c1-10(15)14(17)19-13-4-2-11(3-5-13)12-6-8-16(18)9-7-12/h2-5,12,18H,1,6-9H2. The second-order valence-corrected chi connectivity index (χ2v) is 5.89. The van der Waals surface area contributed by atoms with Crippen LogP contribution in [0.25, 0.3) is 0 Å². The number of halogens is 1. The molecule has 102 valence electrons. The molecule has 0 unspecified atom stereocenters. The number of benzene rings is 1. The van der Waals surface area contributed by atoms with Crippen LogP contribution >= 0.6 is 22.6 Å². The maximum absolute atomic E-state index is 11.4. The molecule has 19 heavy (non-hydrogen) atoms. The van der Waals surface area contributed by atoms with Crippen molar-refractivity contribution in [2.45, 2.75) is 18.8 Å². The van der Waals surface area contributed by atoms with Crippen LogP contribution < -0.4 is 4.74 Å². The van der Waals surface area contributed by atoms with Gasteiger partial charge in [-0.2, -0.15) is 5.06 Å². The van der Waals surface area contributed by atoms with Gasteiger partial charge in [0.25, 0.3) is 0 Å². The average Bonchev–Trinajstić information content (AvgIpc) is 2.40. The Bertz CT molecular complexity index is 464. The van der Waals surface area contributed by atoms with Crippen molar-refractivity contribution in [1.82, 2.24) is 5.06 Å². The number of rotatable bonds is 3. The first-order chi connectivity index (χ1) is 9.06.